The van der Waals surface area contributed by atoms with Crippen LogP contribution in [0.5, 0.6) is 0 Å². The normalized spacial score (nSPS) is 15.2. The zero-order valence-corrected chi connectivity index (χ0v) is 57.0. The van der Waals surface area contributed by atoms with Crippen molar-refractivity contribution in [2.45, 2.75) is 328 Å². The quantitative estimate of drug-likeness (QED) is 0.0201. The summed E-state index contributed by atoms with van der Waals surface area (Å²) in [5.41, 5.74) is 0. The predicted octanol–water partition coefficient (Wildman–Crippen LogP) is 17.5. The van der Waals surface area contributed by atoms with E-state index in [4.69, 9.17) is 4.74 Å². The van der Waals surface area contributed by atoms with Gasteiger partial charge in [-0.3, -0.25) is 24.4 Å². The van der Waals surface area contributed by atoms with Gasteiger partial charge < -0.3 is 25.2 Å². The molecule has 0 aromatic rings. The number of carbonyl (C=O) groups excluding carboxylic acids is 1. The Labute approximate surface area is 523 Å². The number of rotatable bonds is 65. The number of aliphatic hydroxyl groups is 4. The van der Waals surface area contributed by atoms with Crippen molar-refractivity contribution >= 4 is 27.6 Å². The van der Waals surface area contributed by atoms with Crippen LogP contribution in [0.1, 0.15) is 304 Å². The van der Waals surface area contributed by atoms with Gasteiger partial charge in [0.05, 0.1) is 24.4 Å². The molecule has 492 valence electrons. The van der Waals surface area contributed by atoms with Gasteiger partial charge in [-0.15, -0.1) is 0 Å². The van der Waals surface area contributed by atoms with E-state index in [1.54, 1.807) is 0 Å². The van der Waals surface area contributed by atoms with E-state index >= 15 is 0 Å². The SMILES string of the molecule is CCCCCCCC/C=C\CCCCCCC(O)CN(CCCSSCCN1CCN(CCOC(=O)CCCN(CC(O)CCCCCCCC)CC(O)CCCCCCCC)CC1)CC(O)CCCCCC/C=C\CCCCCCCC. The molecule has 12 heteroatoms. The van der Waals surface area contributed by atoms with E-state index in [2.05, 4.69) is 71.6 Å². The summed E-state index contributed by atoms with van der Waals surface area (Å²) >= 11 is 0. The van der Waals surface area contributed by atoms with E-state index in [-0.39, 0.29) is 18.2 Å². The number of unbranched alkanes of at least 4 members (excludes halogenated alkanes) is 30. The van der Waals surface area contributed by atoms with Gasteiger partial charge in [0.25, 0.3) is 0 Å². The highest BCUT2D eigenvalue weighted by atomic mass is 33.1. The van der Waals surface area contributed by atoms with Crippen molar-refractivity contribution in [3.05, 3.63) is 24.3 Å². The number of aliphatic hydroxyl groups excluding tert-OH is 4. The van der Waals surface area contributed by atoms with Gasteiger partial charge in [-0.25, -0.2) is 0 Å². The molecule has 0 aromatic carbocycles. The first-order chi connectivity index (χ1) is 40.7. The van der Waals surface area contributed by atoms with Crippen molar-refractivity contribution in [1.82, 2.24) is 19.6 Å². The highest BCUT2D eigenvalue weighted by molar-refractivity contribution is 8.76. The second kappa shape index (κ2) is 62.9. The van der Waals surface area contributed by atoms with Crippen molar-refractivity contribution < 1.29 is 30.0 Å². The lowest BCUT2D eigenvalue weighted by atomic mass is 10.1. The van der Waals surface area contributed by atoms with Gasteiger partial charge in [0.2, 0.25) is 0 Å². The smallest absolute Gasteiger partial charge is 0.305 e. The largest absolute Gasteiger partial charge is 0.464 e. The second-order valence-electron chi connectivity index (χ2n) is 25.3. The molecule has 0 saturated carbocycles. The van der Waals surface area contributed by atoms with Gasteiger partial charge in [-0.1, -0.05) is 253 Å². The van der Waals surface area contributed by atoms with Crippen LogP contribution in [0.3, 0.4) is 0 Å². The number of allylic oxidation sites excluding steroid dienone is 4. The lowest BCUT2D eigenvalue weighted by Crippen LogP contribution is -2.47. The maximum absolute atomic E-state index is 12.8. The fourth-order valence-corrected chi connectivity index (χ4v) is 13.7. The fourth-order valence-electron chi connectivity index (χ4n) is 11.6. The molecule has 0 spiro atoms. The van der Waals surface area contributed by atoms with Crippen LogP contribution in [0.15, 0.2) is 24.3 Å². The number of carbonyl (C=O) groups is 1. The highest BCUT2D eigenvalue weighted by Crippen LogP contribution is 2.23. The minimum absolute atomic E-state index is 0.149. The Kier molecular flexibility index (Phi) is 60.9. The van der Waals surface area contributed by atoms with Gasteiger partial charge in [0.1, 0.15) is 6.61 Å². The number of ether oxygens (including phenoxy) is 1. The first-order valence-electron chi connectivity index (χ1n) is 36.0. The predicted molar refractivity (Wildman–Crippen MR) is 365 cm³/mol. The molecule has 1 aliphatic heterocycles. The Balaban J connectivity index is 2.40. The van der Waals surface area contributed by atoms with E-state index in [0.29, 0.717) is 52.2 Å². The van der Waals surface area contributed by atoms with Gasteiger partial charge in [-0.05, 0) is 103 Å². The topological polar surface area (TPSA) is 120 Å². The summed E-state index contributed by atoms with van der Waals surface area (Å²) in [6, 6.07) is 0. The maximum Gasteiger partial charge on any atom is 0.305 e. The zero-order valence-electron chi connectivity index (χ0n) is 55.3. The lowest BCUT2D eigenvalue weighted by molar-refractivity contribution is -0.144. The molecule has 4 atom stereocenters. The molecule has 1 heterocycles. The number of piperazine rings is 1. The third-order valence-corrected chi connectivity index (χ3v) is 19.5. The van der Waals surface area contributed by atoms with Crippen molar-refractivity contribution in [2.75, 3.05) is 96.6 Å². The molecule has 0 amide bonds. The number of esters is 1. The lowest BCUT2D eigenvalue weighted by Gasteiger charge is -2.34. The van der Waals surface area contributed by atoms with Crippen LogP contribution in [0.4, 0.5) is 0 Å². The molecule has 83 heavy (non-hydrogen) atoms. The summed E-state index contributed by atoms with van der Waals surface area (Å²) in [5.74, 6) is 2.02. The third kappa shape index (κ3) is 56.3. The van der Waals surface area contributed by atoms with E-state index in [9.17, 15) is 25.2 Å². The standard InChI is InChI=1S/C71H140N4O6S2/c1-5-9-13-17-21-23-25-27-29-31-33-35-39-43-49-69(78)65-75(66-70(79)50-44-40-36-34-32-30-28-26-24-22-18-14-10-6-2)53-46-61-82-83-62-59-73-56-54-72(55-57-73)58-60-81-71(80)51-45-52-74(63-67(76)47-41-37-19-15-11-7-3)64-68(77)48-42-38-20-16-12-8-4/h27-30,67-70,76-79H,5-26,31-66H2,1-4H3/b29-27-,30-28-. The van der Waals surface area contributed by atoms with Crippen LogP contribution in [0, 0.1) is 0 Å². The molecule has 1 aliphatic rings. The monoisotopic (exact) mass is 1210 g/mol. The molecule has 0 radical (unpaired) electrons. The molecule has 0 aromatic heterocycles. The van der Waals surface area contributed by atoms with Crippen molar-refractivity contribution in [2.24, 2.45) is 0 Å². The molecule has 4 N–H and O–H groups in total. The Morgan fingerprint density at radius 2 is 0.699 bits per heavy atom. The number of nitrogens with zero attached hydrogens (tertiary/aromatic N) is 4. The third-order valence-electron chi connectivity index (χ3n) is 17.0. The van der Waals surface area contributed by atoms with Gasteiger partial charge >= 0.3 is 5.97 Å². The molecule has 1 saturated heterocycles. The Bertz CT molecular complexity index is 1320. The van der Waals surface area contributed by atoms with Crippen LogP contribution in [0.25, 0.3) is 0 Å². The van der Waals surface area contributed by atoms with Crippen LogP contribution in [-0.4, -0.2) is 167 Å². The first kappa shape index (κ1) is 80.3. The zero-order chi connectivity index (χ0) is 60.2. The summed E-state index contributed by atoms with van der Waals surface area (Å²) in [6.45, 7) is 19.4. The average Bonchev–Trinajstić information content (AvgIpc) is 3.48. The maximum atomic E-state index is 12.8. The summed E-state index contributed by atoms with van der Waals surface area (Å²) < 4.78 is 5.72. The molecule has 0 bridgehead atoms. The Morgan fingerprint density at radius 1 is 0.398 bits per heavy atom. The van der Waals surface area contributed by atoms with Crippen LogP contribution < -0.4 is 0 Å². The molecule has 10 nitrogen and oxygen atoms in total. The number of hydrogen-bond donors (Lipinski definition) is 4. The van der Waals surface area contributed by atoms with Crippen molar-refractivity contribution in [3.8, 4) is 0 Å². The summed E-state index contributed by atoms with van der Waals surface area (Å²) in [6.07, 6.45) is 58.6. The van der Waals surface area contributed by atoms with Gasteiger partial charge in [-0.2, -0.15) is 0 Å². The van der Waals surface area contributed by atoms with Crippen LogP contribution in [0.2, 0.25) is 0 Å². The molecule has 1 fully saturated rings. The fraction of sp³-hybridized carbons (Fsp3) is 0.930. The molecule has 4 unspecified atom stereocenters. The van der Waals surface area contributed by atoms with Crippen LogP contribution in [-0.2, 0) is 9.53 Å². The van der Waals surface area contributed by atoms with E-state index in [0.717, 1.165) is 128 Å². The van der Waals surface area contributed by atoms with Gasteiger partial charge in [0, 0.05) is 83.4 Å². The average molecular weight is 1210 g/mol. The molecule has 1 rings (SSSR count). The molecular formula is C71H140N4O6S2. The van der Waals surface area contributed by atoms with E-state index in [1.807, 2.05) is 21.6 Å². The van der Waals surface area contributed by atoms with E-state index in [1.165, 1.54) is 193 Å². The minimum Gasteiger partial charge on any atom is -0.464 e. The molecule has 0 aliphatic carbocycles. The first-order valence-corrected chi connectivity index (χ1v) is 38.5. The Hall–Kier alpha value is -0.670. The minimum atomic E-state index is -0.405. The summed E-state index contributed by atoms with van der Waals surface area (Å²) in [5, 5.41) is 44.2. The van der Waals surface area contributed by atoms with Crippen molar-refractivity contribution in [1.29, 1.82) is 0 Å². The Morgan fingerprint density at radius 3 is 1.06 bits per heavy atom. The van der Waals surface area contributed by atoms with Crippen LogP contribution >= 0.6 is 21.6 Å². The second-order valence-corrected chi connectivity index (χ2v) is 28.0. The van der Waals surface area contributed by atoms with E-state index < -0.39 is 12.2 Å². The molecular weight excluding hydrogens is 1070 g/mol. The summed E-state index contributed by atoms with van der Waals surface area (Å²) in [7, 11) is 3.94. The van der Waals surface area contributed by atoms with Crippen molar-refractivity contribution in [3.63, 3.8) is 0 Å². The summed E-state index contributed by atoms with van der Waals surface area (Å²) in [4.78, 5) is 22.3. The highest BCUT2D eigenvalue weighted by Gasteiger charge is 2.20. The number of hydrogen-bond acceptors (Lipinski definition) is 12. The van der Waals surface area contributed by atoms with Gasteiger partial charge in [0.15, 0.2) is 0 Å².